The van der Waals surface area contributed by atoms with E-state index in [1.54, 1.807) is 0 Å². The van der Waals surface area contributed by atoms with E-state index in [1.165, 1.54) is 6.92 Å². The van der Waals surface area contributed by atoms with Gasteiger partial charge < -0.3 is 0 Å². The van der Waals surface area contributed by atoms with Crippen LogP contribution in [0.25, 0.3) is 0 Å². The van der Waals surface area contributed by atoms with Gasteiger partial charge in [-0.15, -0.1) is 0 Å². The van der Waals surface area contributed by atoms with Gasteiger partial charge >= 0.3 is 0 Å². The molecular formula is C11H10INO. The van der Waals surface area contributed by atoms with Gasteiger partial charge in [-0.3, -0.25) is 4.79 Å². The molecule has 0 saturated carbocycles. The first-order chi connectivity index (χ1) is 6.60. The van der Waals surface area contributed by atoms with Crippen LogP contribution >= 0.6 is 22.6 Å². The summed E-state index contributed by atoms with van der Waals surface area (Å²) in [6.45, 7) is 3.49. The maximum absolute atomic E-state index is 11.3. The minimum absolute atomic E-state index is 0.0249. The Bertz CT molecular complexity index is 418. The molecule has 0 saturated heterocycles. The molecule has 0 aromatic heterocycles. The van der Waals surface area contributed by atoms with E-state index in [0.29, 0.717) is 17.5 Å². The molecule has 72 valence electrons. The molecule has 0 spiro atoms. The third-order valence-corrected chi connectivity index (χ3v) is 2.69. The summed E-state index contributed by atoms with van der Waals surface area (Å²) in [6, 6.07) is 5.77. The fraction of sp³-hybridized carbons (Fsp3) is 0.273. The molecule has 0 fully saturated rings. The molecule has 0 radical (unpaired) electrons. The number of halogens is 1. The number of rotatable bonds is 2. The molecule has 0 unspecified atom stereocenters. The van der Waals surface area contributed by atoms with Crippen LogP contribution in [0.2, 0.25) is 0 Å². The van der Waals surface area contributed by atoms with Crippen molar-refractivity contribution in [1.82, 2.24) is 0 Å². The molecule has 3 heteroatoms. The predicted octanol–water partition coefficient (Wildman–Crippen LogP) is 2.93. The first-order valence-electron chi connectivity index (χ1n) is 4.33. The number of carbonyl (C=O) groups excluding carboxylic acids is 1. The van der Waals surface area contributed by atoms with Gasteiger partial charge in [0.15, 0.2) is 5.78 Å². The highest BCUT2D eigenvalue weighted by atomic mass is 127. The summed E-state index contributed by atoms with van der Waals surface area (Å²) in [5.41, 5.74) is 2.15. The minimum Gasteiger partial charge on any atom is -0.294 e. The quantitative estimate of drug-likeness (QED) is 0.622. The highest BCUT2D eigenvalue weighted by molar-refractivity contribution is 14.1. The Balaban J connectivity index is 3.49. The summed E-state index contributed by atoms with van der Waals surface area (Å²) >= 11 is 2.12. The van der Waals surface area contributed by atoms with Crippen molar-refractivity contribution in [2.45, 2.75) is 20.3 Å². The number of Topliss-reactive ketones (excluding diaryl/α,β-unsaturated/α-hetero) is 1. The van der Waals surface area contributed by atoms with Crippen molar-refractivity contribution in [1.29, 1.82) is 5.26 Å². The second-order valence-corrected chi connectivity index (χ2v) is 4.25. The Morgan fingerprint density at radius 1 is 1.57 bits per heavy atom. The van der Waals surface area contributed by atoms with Crippen molar-refractivity contribution in [2.24, 2.45) is 0 Å². The lowest BCUT2D eigenvalue weighted by Crippen LogP contribution is -2.02. The summed E-state index contributed by atoms with van der Waals surface area (Å²) in [6.07, 6.45) is 0.717. The summed E-state index contributed by atoms with van der Waals surface area (Å²) in [5, 5.41) is 8.92. The topological polar surface area (TPSA) is 40.9 Å². The zero-order chi connectivity index (χ0) is 10.7. The van der Waals surface area contributed by atoms with E-state index >= 15 is 0 Å². The van der Waals surface area contributed by atoms with Crippen LogP contribution in [0.3, 0.4) is 0 Å². The van der Waals surface area contributed by atoms with Gasteiger partial charge in [-0.1, -0.05) is 6.92 Å². The van der Waals surface area contributed by atoms with E-state index in [9.17, 15) is 4.79 Å². The van der Waals surface area contributed by atoms with Crippen LogP contribution in [0.5, 0.6) is 0 Å². The largest absolute Gasteiger partial charge is 0.294 e. The molecule has 0 aliphatic rings. The monoisotopic (exact) mass is 299 g/mol. The smallest absolute Gasteiger partial charge is 0.160 e. The first kappa shape index (κ1) is 11.2. The van der Waals surface area contributed by atoms with E-state index < -0.39 is 0 Å². The fourth-order valence-corrected chi connectivity index (χ4v) is 2.05. The van der Waals surface area contributed by atoms with Gasteiger partial charge in [0.05, 0.1) is 11.6 Å². The maximum atomic E-state index is 11.3. The number of benzene rings is 1. The Labute approximate surface area is 97.1 Å². The van der Waals surface area contributed by atoms with Gasteiger partial charge in [0.2, 0.25) is 0 Å². The molecule has 1 aromatic rings. The van der Waals surface area contributed by atoms with Gasteiger partial charge in [-0.05, 0) is 53.6 Å². The normalized spacial score (nSPS) is 9.57. The van der Waals surface area contributed by atoms with Crippen LogP contribution in [-0.2, 0) is 6.42 Å². The van der Waals surface area contributed by atoms with Crippen LogP contribution in [0, 0.1) is 14.9 Å². The van der Waals surface area contributed by atoms with Gasteiger partial charge in [-0.2, -0.15) is 5.26 Å². The summed E-state index contributed by atoms with van der Waals surface area (Å²) in [5.74, 6) is 0.0249. The second-order valence-electron chi connectivity index (χ2n) is 3.00. The number of carbonyl (C=O) groups is 1. The molecule has 0 aliphatic carbocycles. The SMILES string of the molecule is CCc1c(C#N)cc(I)cc1C(C)=O. The third kappa shape index (κ3) is 2.13. The molecule has 0 N–H and O–H groups in total. The van der Waals surface area contributed by atoms with E-state index in [0.717, 1.165) is 9.13 Å². The Morgan fingerprint density at radius 3 is 2.64 bits per heavy atom. The molecule has 1 rings (SSSR count). The van der Waals surface area contributed by atoms with Crippen LogP contribution in [0.4, 0.5) is 0 Å². The average molecular weight is 299 g/mol. The van der Waals surface area contributed by atoms with Gasteiger partial charge in [0, 0.05) is 9.13 Å². The number of ketones is 1. The van der Waals surface area contributed by atoms with Crippen molar-refractivity contribution in [3.8, 4) is 6.07 Å². The van der Waals surface area contributed by atoms with Crippen LogP contribution < -0.4 is 0 Å². The standard InChI is InChI=1S/C11H10INO/c1-3-10-8(6-13)4-9(12)5-11(10)7(2)14/h4-5H,3H2,1-2H3. The van der Waals surface area contributed by atoms with Crippen LogP contribution in [0.1, 0.15) is 35.3 Å². The van der Waals surface area contributed by atoms with Gasteiger partial charge in [0.25, 0.3) is 0 Å². The Morgan fingerprint density at radius 2 is 2.21 bits per heavy atom. The molecule has 0 heterocycles. The Kier molecular flexibility index (Phi) is 3.64. The molecule has 0 amide bonds. The van der Waals surface area contributed by atoms with Crippen LogP contribution in [0.15, 0.2) is 12.1 Å². The van der Waals surface area contributed by atoms with Crippen molar-refractivity contribution >= 4 is 28.4 Å². The molecule has 0 bridgehead atoms. The molecule has 14 heavy (non-hydrogen) atoms. The maximum Gasteiger partial charge on any atom is 0.160 e. The van der Waals surface area contributed by atoms with Crippen molar-refractivity contribution in [2.75, 3.05) is 0 Å². The summed E-state index contributed by atoms with van der Waals surface area (Å²) in [7, 11) is 0. The molecule has 0 aliphatic heterocycles. The third-order valence-electron chi connectivity index (χ3n) is 2.07. The van der Waals surface area contributed by atoms with Crippen LogP contribution in [-0.4, -0.2) is 5.78 Å². The van der Waals surface area contributed by atoms with Gasteiger partial charge in [0.1, 0.15) is 0 Å². The lowest BCUT2D eigenvalue weighted by molar-refractivity contribution is 0.101. The first-order valence-corrected chi connectivity index (χ1v) is 5.41. The molecular weight excluding hydrogens is 289 g/mol. The average Bonchev–Trinajstić information content (AvgIpc) is 2.16. The van der Waals surface area contributed by atoms with Crippen molar-refractivity contribution in [3.63, 3.8) is 0 Å². The number of nitriles is 1. The zero-order valence-electron chi connectivity index (χ0n) is 8.10. The number of hydrogen-bond acceptors (Lipinski definition) is 2. The summed E-state index contributed by atoms with van der Waals surface area (Å²) < 4.78 is 0.932. The minimum atomic E-state index is 0.0249. The summed E-state index contributed by atoms with van der Waals surface area (Å²) in [4.78, 5) is 11.3. The zero-order valence-corrected chi connectivity index (χ0v) is 10.3. The van der Waals surface area contributed by atoms with E-state index in [1.807, 2.05) is 19.1 Å². The lowest BCUT2D eigenvalue weighted by Gasteiger charge is -2.07. The van der Waals surface area contributed by atoms with E-state index in [2.05, 4.69) is 28.7 Å². The highest BCUT2D eigenvalue weighted by Crippen LogP contribution is 2.19. The van der Waals surface area contributed by atoms with Crippen molar-refractivity contribution in [3.05, 3.63) is 32.4 Å². The molecule has 2 nitrogen and oxygen atoms in total. The predicted molar refractivity (Wildman–Crippen MR) is 63.3 cm³/mol. The number of hydrogen-bond donors (Lipinski definition) is 0. The Hall–Kier alpha value is -0.890. The lowest BCUT2D eigenvalue weighted by atomic mass is 9.97. The number of nitrogens with zero attached hydrogens (tertiary/aromatic N) is 1. The molecule has 0 atom stereocenters. The van der Waals surface area contributed by atoms with Crippen molar-refractivity contribution < 1.29 is 4.79 Å². The highest BCUT2D eigenvalue weighted by Gasteiger charge is 2.11. The molecule has 1 aromatic carbocycles. The van der Waals surface area contributed by atoms with E-state index in [4.69, 9.17) is 5.26 Å². The fourth-order valence-electron chi connectivity index (χ4n) is 1.43. The second kappa shape index (κ2) is 4.56. The van der Waals surface area contributed by atoms with Gasteiger partial charge in [-0.25, -0.2) is 0 Å². The van der Waals surface area contributed by atoms with E-state index in [-0.39, 0.29) is 5.78 Å².